The van der Waals surface area contributed by atoms with Gasteiger partial charge in [-0.25, -0.2) is 9.97 Å². The second kappa shape index (κ2) is 10.6. The average molecular weight is 450 g/mol. The predicted octanol–water partition coefficient (Wildman–Crippen LogP) is 4.39. The smallest absolute Gasteiger partial charge is 0.159 e. The van der Waals surface area contributed by atoms with Gasteiger partial charge in [0.1, 0.15) is 0 Å². The molecule has 6 rings (SSSR count). The summed E-state index contributed by atoms with van der Waals surface area (Å²) in [4.78, 5) is 17.1. The van der Waals surface area contributed by atoms with Crippen LogP contribution in [0.5, 0.6) is 0 Å². The number of hydrogen-bond acceptors (Lipinski definition) is 6. The van der Waals surface area contributed by atoms with Crippen molar-refractivity contribution in [1.29, 1.82) is 0 Å². The zero-order valence-electron chi connectivity index (χ0n) is 20.2. The van der Waals surface area contributed by atoms with Crippen molar-refractivity contribution < 1.29 is 4.74 Å². The standard InChI is InChI=1S/C27H39N5O/c1-3-19(4-2)25-16-26(31-27(30-25)20-5-10-28-11-6-20)24-18-32-12-7-21(24)15-23(32)17-29-22-8-13-33-14-9-22/h5-6,10-11,16,19,21-24,29H,3-4,7-9,12-15,17-18H2,1-2H3/t21-,23+,24-/m0/s1. The van der Waals surface area contributed by atoms with Crippen LogP contribution in [0.1, 0.15) is 75.6 Å². The maximum Gasteiger partial charge on any atom is 0.159 e. The number of aromatic nitrogens is 3. The number of nitrogens with one attached hydrogen (secondary N) is 1. The molecule has 2 aromatic heterocycles. The van der Waals surface area contributed by atoms with E-state index >= 15 is 0 Å². The minimum atomic E-state index is 0.491. The number of hydrogen-bond donors (Lipinski definition) is 1. The highest BCUT2D eigenvalue weighted by molar-refractivity contribution is 5.54. The van der Waals surface area contributed by atoms with Crippen LogP contribution in [-0.4, -0.2) is 64.8 Å². The van der Waals surface area contributed by atoms with Gasteiger partial charge < -0.3 is 10.1 Å². The van der Waals surface area contributed by atoms with Gasteiger partial charge in [0.15, 0.2) is 5.82 Å². The van der Waals surface area contributed by atoms with Crippen molar-refractivity contribution in [3.05, 3.63) is 42.0 Å². The highest BCUT2D eigenvalue weighted by atomic mass is 16.5. The van der Waals surface area contributed by atoms with E-state index < -0.39 is 0 Å². The van der Waals surface area contributed by atoms with Crippen LogP contribution in [0.4, 0.5) is 0 Å². The molecule has 4 saturated heterocycles. The van der Waals surface area contributed by atoms with Crippen LogP contribution in [0.2, 0.25) is 0 Å². The van der Waals surface area contributed by atoms with E-state index in [2.05, 4.69) is 35.1 Å². The molecule has 4 fully saturated rings. The molecule has 2 aromatic rings. The zero-order valence-corrected chi connectivity index (χ0v) is 20.2. The quantitative estimate of drug-likeness (QED) is 0.645. The maximum atomic E-state index is 5.52. The Balaban J connectivity index is 1.35. The van der Waals surface area contributed by atoms with E-state index in [-0.39, 0.29) is 0 Å². The highest BCUT2D eigenvalue weighted by Gasteiger charge is 2.41. The van der Waals surface area contributed by atoms with E-state index in [1.807, 2.05) is 24.5 Å². The first kappa shape index (κ1) is 22.9. The minimum absolute atomic E-state index is 0.491. The summed E-state index contributed by atoms with van der Waals surface area (Å²) in [5.74, 6) is 2.58. The topological polar surface area (TPSA) is 63.2 Å². The lowest BCUT2D eigenvalue weighted by Crippen LogP contribution is -2.56. The SMILES string of the molecule is CCC(CC)c1cc([C@H]2CN3CC[C@H]2C[C@@H]3CNC2CCOCC2)nc(-c2ccncc2)n1. The molecule has 0 spiro atoms. The molecular weight excluding hydrogens is 410 g/mol. The Hall–Kier alpha value is -1.89. The lowest BCUT2D eigenvalue weighted by Gasteiger charge is -2.50. The molecule has 0 aromatic carbocycles. The van der Waals surface area contributed by atoms with E-state index in [4.69, 9.17) is 14.7 Å². The van der Waals surface area contributed by atoms with Crippen molar-refractivity contribution >= 4 is 0 Å². The lowest BCUT2D eigenvalue weighted by atomic mass is 9.73. The molecule has 1 N–H and O–H groups in total. The van der Waals surface area contributed by atoms with Crippen molar-refractivity contribution in [3.63, 3.8) is 0 Å². The van der Waals surface area contributed by atoms with Gasteiger partial charge in [-0.05, 0) is 69.2 Å². The average Bonchev–Trinajstić information content (AvgIpc) is 2.89. The minimum Gasteiger partial charge on any atom is -0.381 e. The first-order valence-electron chi connectivity index (χ1n) is 13.1. The largest absolute Gasteiger partial charge is 0.381 e. The van der Waals surface area contributed by atoms with Gasteiger partial charge in [0.25, 0.3) is 0 Å². The number of nitrogens with zero attached hydrogens (tertiary/aromatic N) is 4. The molecular formula is C27H39N5O. The summed E-state index contributed by atoms with van der Waals surface area (Å²) < 4.78 is 5.52. The fraction of sp³-hybridized carbons (Fsp3) is 0.667. The second-order valence-corrected chi connectivity index (χ2v) is 10.1. The molecule has 1 unspecified atom stereocenters. The van der Waals surface area contributed by atoms with E-state index in [0.717, 1.165) is 63.4 Å². The van der Waals surface area contributed by atoms with Crippen LogP contribution < -0.4 is 5.32 Å². The van der Waals surface area contributed by atoms with E-state index in [1.54, 1.807) is 0 Å². The molecule has 6 nitrogen and oxygen atoms in total. The fourth-order valence-electron chi connectivity index (χ4n) is 6.11. The molecule has 6 heterocycles. The van der Waals surface area contributed by atoms with Gasteiger partial charge >= 0.3 is 0 Å². The maximum absolute atomic E-state index is 5.52. The Bertz CT molecular complexity index is 897. The summed E-state index contributed by atoms with van der Waals surface area (Å²) in [5, 5.41) is 3.85. The second-order valence-electron chi connectivity index (χ2n) is 10.1. The third-order valence-corrected chi connectivity index (χ3v) is 8.23. The van der Waals surface area contributed by atoms with Crippen LogP contribution in [0, 0.1) is 5.92 Å². The molecule has 0 amide bonds. The Kier molecular flexibility index (Phi) is 7.34. The predicted molar refractivity (Wildman–Crippen MR) is 131 cm³/mol. The van der Waals surface area contributed by atoms with E-state index in [9.17, 15) is 0 Å². The van der Waals surface area contributed by atoms with E-state index in [1.165, 1.54) is 30.8 Å². The van der Waals surface area contributed by atoms with Gasteiger partial charge in [-0.1, -0.05) is 13.8 Å². The molecule has 0 aliphatic carbocycles. The summed E-state index contributed by atoms with van der Waals surface area (Å²) in [6, 6.07) is 7.69. The third-order valence-electron chi connectivity index (χ3n) is 8.23. The molecule has 0 saturated carbocycles. The van der Waals surface area contributed by atoms with Gasteiger partial charge in [-0.3, -0.25) is 9.88 Å². The first-order chi connectivity index (χ1) is 16.2. The molecule has 178 valence electrons. The molecule has 4 aliphatic rings. The van der Waals surface area contributed by atoms with Crippen molar-refractivity contribution in [2.75, 3.05) is 32.8 Å². The molecule has 2 bridgehead atoms. The van der Waals surface area contributed by atoms with Gasteiger partial charge in [0, 0.05) is 79.6 Å². The molecule has 4 aliphatic heterocycles. The van der Waals surface area contributed by atoms with Crippen LogP contribution in [0.25, 0.3) is 11.4 Å². The summed E-state index contributed by atoms with van der Waals surface area (Å²) in [7, 11) is 0. The van der Waals surface area contributed by atoms with Crippen LogP contribution >= 0.6 is 0 Å². The Morgan fingerprint density at radius 3 is 2.58 bits per heavy atom. The number of fused-ring (bicyclic) bond motifs is 3. The molecule has 33 heavy (non-hydrogen) atoms. The van der Waals surface area contributed by atoms with Crippen LogP contribution in [0.15, 0.2) is 30.6 Å². The van der Waals surface area contributed by atoms with Gasteiger partial charge in [-0.2, -0.15) is 0 Å². The summed E-state index contributed by atoms with van der Waals surface area (Å²) >= 11 is 0. The number of piperidine rings is 3. The third kappa shape index (κ3) is 5.13. The monoisotopic (exact) mass is 449 g/mol. The van der Waals surface area contributed by atoms with Crippen molar-refractivity contribution in [2.45, 2.75) is 76.3 Å². The fourth-order valence-corrected chi connectivity index (χ4v) is 6.11. The Labute approximate surface area is 198 Å². The number of rotatable bonds is 8. The Morgan fingerprint density at radius 2 is 1.88 bits per heavy atom. The molecule has 6 heteroatoms. The molecule has 4 atom stereocenters. The first-order valence-corrected chi connectivity index (χ1v) is 13.1. The normalized spacial score (nSPS) is 27.8. The summed E-state index contributed by atoms with van der Waals surface area (Å²) in [6.45, 7) is 9.81. The van der Waals surface area contributed by atoms with Gasteiger partial charge in [0.2, 0.25) is 0 Å². The van der Waals surface area contributed by atoms with Crippen molar-refractivity contribution in [2.24, 2.45) is 5.92 Å². The lowest BCUT2D eigenvalue weighted by molar-refractivity contribution is 0.0235. The van der Waals surface area contributed by atoms with Crippen molar-refractivity contribution in [1.82, 2.24) is 25.2 Å². The summed E-state index contributed by atoms with van der Waals surface area (Å²) in [6.07, 6.45) is 10.8. The van der Waals surface area contributed by atoms with E-state index in [0.29, 0.717) is 29.8 Å². The van der Waals surface area contributed by atoms with Gasteiger partial charge in [0.05, 0.1) is 0 Å². The number of pyridine rings is 1. The summed E-state index contributed by atoms with van der Waals surface area (Å²) in [5.41, 5.74) is 3.54. The van der Waals surface area contributed by atoms with Gasteiger partial charge in [-0.15, -0.1) is 0 Å². The van der Waals surface area contributed by atoms with Crippen molar-refractivity contribution in [3.8, 4) is 11.4 Å². The Morgan fingerprint density at radius 1 is 1.09 bits per heavy atom. The highest BCUT2D eigenvalue weighted by Crippen LogP contribution is 2.42. The molecule has 0 radical (unpaired) electrons. The van der Waals surface area contributed by atoms with Crippen LogP contribution in [-0.2, 0) is 4.74 Å². The zero-order chi connectivity index (χ0) is 22.6. The number of ether oxygens (including phenoxy) is 1. The van der Waals surface area contributed by atoms with Crippen LogP contribution in [0.3, 0.4) is 0 Å².